The van der Waals surface area contributed by atoms with Crippen molar-refractivity contribution in [1.82, 2.24) is 9.80 Å². The Hall–Kier alpha value is -1.73. The molecule has 2 nitrogen and oxygen atoms in total. The molecule has 2 atom stereocenters. The van der Waals surface area contributed by atoms with Crippen molar-refractivity contribution in [3.63, 3.8) is 0 Å². The van der Waals surface area contributed by atoms with Gasteiger partial charge in [0.25, 0.3) is 0 Å². The van der Waals surface area contributed by atoms with Crippen LogP contribution in [0.25, 0.3) is 0 Å². The molecule has 1 aliphatic carbocycles. The number of hydrogen-bond donors (Lipinski definition) is 0. The molecule has 1 aliphatic heterocycles. The van der Waals surface area contributed by atoms with E-state index in [4.69, 9.17) is 0 Å². The van der Waals surface area contributed by atoms with Gasteiger partial charge in [0.1, 0.15) is 0 Å². The summed E-state index contributed by atoms with van der Waals surface area (Å²) in [5.41, 5.74) is 0. The summed E-state index contributed by atoms with van der Waals surface area (Å²) in [5, 5.41) is 4.48. The molecule has 0 spiro atoms. The second kappa shape index (κ2) is 10.5. The summed E-state index contributed by atoms with van der Waals surface area (Å²) in [4.78, 5) is 5.22. The summed E-state index contributed by atoms with van der Waals surface area (Å²) >= 11 is 0. The smallest absolute Gasteiger partial charge is 0.0185 e. The minimum absolute atomic E-state index is 0.475. The Balaban J connectivity index is 1.50. The highest BCUT2D eigenvalue weighted by Gasteiger charge is 2.31. The molecule has 158 valence electrons. The number of likely N-dealkylation sites (tertiary alicyclic amines) is 1. The van der Waals surface area contributed by atoms with Gasteiger partial charge in [-0.2, -0.15) is 0 Å². The van der Waals surface area contributed by atoms with Crippen molar-refractivity contribution < 1.29 is 0 Å². The lowest BCUT2D eigenvalue weighted by atomic mass is 10.0. The molecule has 4 rings (SSSR count). The minimum atomic E-state index is -0.508. The van der Waals surface area contributed by atoms with E-state index < -0.39 is 7.92 Å². The van der Waals surface area contributed by atoms with Crippen molar-refractivity contribution in [2.75, 3.05) is 33.2 Å². The normalized spacial score (nSPS) is 20.7. The van der Waals surface area contributed by atoms with Crippen LogP contribution < -0.4 is 10.6 Å². The Bertz CT molecular complexity index is 800. The third-order valence-corrected chi connectivity index (χ3v) is 9.24. The second-order valence-electron chi connectivity index (χ2n) is 8.63. The lowest BCUT2D eigenvalue weighted by Gasteiger charge is -2.35. The van der Waals surface area contributed by atoms with Crippen LogP contribution in [0.5, 0.6) is 0 Å². The van der Waals surface area contributed by atoms with Crippen LogP contribution in [0.3, 0.4) is 0 Å². The van der Waals surface area contributed by atoms with Gasteiger partial charge >= 0.3 is 0 Å². The molecule has 1 heterocycles. The summed E-state index contributed by atoms with van der Waals surface area (Å²) in [6.07, 6.45) is 11.3. The fourth-order valence-corrected chi connectivity index (χ4v) is 7.35. The molecule has 0 amide bonds. The lowest BCUT2D eigenvalue weighted by Crippen LogP contribution is -2.42. The van der Waals surface area contributed by atoms with Crippen molar-refractivity contribution in [2.45, 2.75) is 32.2 Å². The number of piperidine rings is 1. The summed E-state index contributed by atoms with van der Waals surface area (Å²) in [6, 6.07) is 22.7. The predicted molar refractivity (Wildman–Crippen MR) is 132 cm³/mol. The molecule has 1 fully saturated rings. The number of nitrogens with zero attached hydrogens (tertiary/aromatic N) is 2. The number of likely N-dealkylation sites (N-methyl/N-ethyl adjacent to an activating group) is 1. The van der Waals surface area contributed by atoms with Crippen LogP contribution >= 0.6 is 7.92 Å². The first-order valence-electron chi connectivity index (χ1n) is 11.5. The first-order valence-corrected chi connectivity index (χ1v) is 12.8. The molecule has 1 unspecified atom stereocenters. The summed E-state index contributed by atoms with van der Waals surface area (Å²) in [6.45, 7) is 7.32. The minimum Gasteiger partial charge on any atom is -0.302 e. The maximum atomic E-state index is 2.65. The Kier molecular flexibility index (Phi) is 7.55. The largest absolute Gasteiger partial charge is 0.302 e. The van der Waals surface area contributed by atoms with Crippen LogP contribution in [0.4, 0.5) is 0 Å². The molecule has 0 N–H and O–H groups in total. The molecule has 0 saturated carbocycles. The van der Waals surface area contributed by atoms with Gasteiger partial charge in [0.05, 0.1) is 0 Å². The SMILES string of the molecule is C[C@H](C1C=CC=C1P(c1ccccc1)c1ccccc1)N(C)CCN1CCCCC1. The maximum absolute atomic E-state index is 2.65. The first kappa shape index (κ1) is 21.5. The van der Waals surface area contributed by atoms with E-state index >= 15 is 0 Å². The zero-order valence-electron chi connectivity index (χ0n) is 18.5. The standard InChI is InChI=1S/C27H35N2P/c1-23(28(2)21-22-29-19-10-5-11-20-29)26-17-12-18-27(26)30(24-13-6-3-7-14-24)25-15-8-4-9-16-25/h3-4,6-9,12-18,23,26H,5,10-11,19-22H2,1-2H3/t23-,26?/m1/s1. The Morgan fingerprint density at radius 2 is 1.53 bits per heavy atom. The molecule has 2 aliphatic rings. The van der Waals surface area contributed by atoms with Gasteiger partial charge in [-0.05, 0) is 63.7 Å². The Morgan fingerprint density at radius 1 is 0.933 bits per heavy atom. The van der Waals surface area contributed by atoms with Gasteiger partial charge in [-0.1, -0.05) is 85.3 Å². The number of benzene rings is 2. The molecule has 1 saturated heterocycles. The first-order chi connectivity index (χ1) is 14.7. The molecule has 0 bridgehead atoms. The predicted octanol–water partition coefficient (Wildman–Crippen LogP) is 5.00. The van der Waals surface area contributed by atoms with Crippen LogP contribution in [-0.2, 0) is 0 Å². The van der Waals surface area contributed by atoms with Gasteiger partial charge in [0.15, 0.2) is 0 Å². The van der Waals surface area contributed by atoms with Crippen LogP contribution in [0, 0.1) is 5.92 Å². The molecule has 2 aromatic rings. The fraction of sp³-hybridized carbons (Fsp3) is 0.407. The van der Waals surface area contributed by atoms with Gasteiger partial charge in [-0.25, -0.2) is 0 Å². The zero-order valence-corrected chi connectivity index (χ0v) is 19.3. The molecular formula is C27H35N2P. The summed E-state index contributed by atoms with van der Waals surface area (Å²) < 4.78 is 0. The third kappa shape index (κ3) is 5.11. The van der Waals surface area contributed by atoms with Crippen LogP contribution in [0.2, 0.25) is 0 Å². The van der Waals surface area contributed by atoms with Crippen molar-refractivity contribution in [3.8, 4) is 0 Å². The molecule has 3 heteroatoms. The van der Waals surface area contributed by atoms with Gasteiger partial charge < -0.3 is 9.80 Å². The number of rotatable bonds is 8. The fourth-order valence-electron chi connectivity index (χ4n) is 4.68. The van der Waals surface area contributed by atoms with Gasteiger partial charge in [-0.3, -0.25) is 0 Å². The number of hydrogen-bond acceptors (Lipinski definition) is 2. The average Bonchev–Trinajstić information content (AvgIpc) is 3.28. The zero-order chi connectivity index (χ0) is 20.8. The van der Waals surface area contributed by atoms with Gasteiger partial charge in [0.2, 0.25) is 0 Å². The van der Waals surface area contributed by atoms with Gasteiger partial charge in [0, 0.05) is 25.0 Å². The van der Waals surface area contributed by atoms with E-state index in [-0.39, 0.29) is 0 Å². The van der Waals surface area contributed by atoms with E-state index in [2.05, 4.69) is 103 Å². The van der Waals surface area contributed by atoms with E-state index in [1.54, 1.807) is 5.31 Å². The third-order valence-electron chi connectivity index (χ3n) is 6.65. The molecule has 0 radical (unpaired) electrons. The second-order valence-corrected chi connectivity index (χ2v) is 10.9. The van der Waals surface area contributed by atoms with E-state index in [0.29, 0.717) is 12.0 Å². The highest BCUT2D eigenvalue weighted by atomic mass is 31.1. The van der Waals surface area contributed by atoms with E-state index in [9.17, 15) is 0 Å². The van der Waals surface area contributed by atoms with Crippen LogP contribution in [-0.4, -0.2) is 49.1 Å². The van der Waals surface area contributed by atoms with Crippen molar-refractivity contribution in [1.29, 1.82) is 0 Å². The lowest BCUT2D eigenvalue weighted by molar-refractivity contribution is 0.167. The van der Waals surface area contributed by atoms with Crippen molar-refractivity contribution in [2.24, 2.45) is 5.92 Å². The Morgan fingerprint density at radius 3 is 2.13 bits per heavy atom. The van der Waals surface area contributed by atoms with Crippen molar-refractivity contribution >= 4 is 18.5 Å². The molecule has 30 heavy (non-hydrogen) atoms. The van der Waals surface area contributed by atoms with Crippen LogP contribution in [0.1, 0.15) is 26.2 Å². The topological polar surface area (TPSA) is 6.48 Å². The highest BCUT2D eigenvalue weighted by Crippen LogP contribution is 2.50. The number of allylic oxidation sites excluding steroid dienone is 2. The van der Waals surface area contributed by atoms with E-state index in [1.165, 1.54) is 49.5 Å². The molecule has 0 aromatic heterocycles. The van der Waals surface area contributed by atoms with Gasteiger partial charge in [-0.15, -0.1) is 0 Å². The van der Waals surface area contributed by atoms with Crippen molar-refractivity contribution in [3.05, 3.63) is 84.2 Å². The van der Waals surface area contributed by atoms with Crippen LogP contribution in [0.15, 0.2) is 84.2 Å². The average molecular weight is 419 g/mol. The molecule has 2 aromatic carbocycles. The maximum Gasteiger partial charge on any atom is 0.0185 e. The summed E-state index contributed by atoms with van der Waals surface area (Å²) in [7, 11) is 1.80. The highest BCUT2D eigenvalue weighted by molar-refractivity contribution is 7.76. The molecular weight excluding hydrogens is 383 g/mol. The quantitative estimate of drug-likeness (QED) is 0.557. The van der Waals surface area contributed by atoms with E-state index in [1.807, 2.05) is 0 Å². The summed E-state index contributed by atoms with van der Waals surface area (Å²) in [5.74, 6) is 0.475. The van der Waals surface area contributed by atoms with E-state index in [0.717, 1.165) is 6.54 Å². The monoisotopic (exact) mass is 418 g/mol. The Labute approximate surface area is 184 Å².